The first-order valence-corrected chi connectivity index (χ1v) is 7.16. The third-order valence-electron chi connectivity index (χ3n) is 3.44. The second kappa shape index (κ2) is 8.18. The summed E-state index contributed by atoms with van der Waals surface area (Å²) in [5.74, 6) is 2.12. The van der Waals surface area contributed by atoms with E-state index in [9.17, 15) is 0 Å². The van der Waals surface area contributed by atoms with E-state index in [4.69, 9.17) is 10.5 Å². The smallest absolute Gasteiger partial charge is 0.123 e. The van der Waals surface area contributed by atoms with Crippen LogP contribution in [-0.4, -0.2) is 20.2 Å². The Hall–Kier alpha value is -1.06. The highest BCUT2D eigenvalue weighted by Crippen LogP contribution is 2.24. The van der Waals surface area contributed by atoms with Crippen molar-refractivity contribution in [1.29, 1.82) is 0 Å². The predicted molar refractivity (Wildman–Crippen MR) is 81.6 cm³/mol. The summed E-state index contributed by atoms with van der Waals surface area (Å²) in [6.45, 7) is 9.24. The van der Waals surface area contributed by atoms with Crippen molar-refractivity contribution in [3.63, 3.8) is 0 Å². The van der Waals surface area contributed by atoms with E-state index in [1.165, 1.54) is 11.1 Å². The van der Waals surface area contributed by atoms with Crippen LogP contribution in [0.2, 0.25) is 0 Å². The van der Waals surface area contributed by atoms with Crippen molar-refractivity contribution in [2.45, 2.75) is 39.7 Å². The lowest BCUT2D eigenvalue weighted by Gasteiger charge is -2.15. The fraction of sp³-hybridized carbons (Fsp3) is 0.625. The van der Waals surface area contributed by atoms with Crippen molar-refractivity contribution >= 4 is 0 Å². The Morgan fingerprint density at radius 1 is 1.26 bits per heavy atom. The number of rotatable bonds is 8. The molecule has 0 spiro atoms. The fourth-order valence-electron chi connectivity index (χ4n) is 2.14. The molecular weight excluding hydrogens is 236 g/mol. The van der Waals surface area contributed by atoms with E-state index in [0.29, 0.717) is 11.8 Å². The summed E-state index contributed by atoms with van der Waals surface area (Å²) in [7, 11) is 1.73. The Labute approximate surface area is 117 Å². The Morgan fingerprint density at radius 2 is 2.00 bits per heavy atom. The molecule has 0 saturated carbocycles. The van der Waals surface area contributed by atoms with Crippen LogP contribution in [0.5, 0.6) is 5.75 Å². The summed E-state index contributed by atoms with van der Waals surface area (Å²) in [5.41, 5.74) is 8.15. The van der Waals surface area contributed by atoms with Crippen molar-refractivity contribution in [1.82, 2.24) is 5.32 Å². The van der Waals surface area contributed by atoms with Crippen LogP contribution in [0.4, 0.5) is 0 Å². The Kier molecular flexibility index (Phi) is 6.89. The monoisotopic (exact) mass is 264 g/mol. The molecule has 0 radical (unpaired) electrons. The van der Waals surface area contributed by atoms with Crippen LogP contribution in [0, 0.1) is 5.92 Å². The van der Waals surface area contributed by atoms with Gasteiger partial charge in [0.2, 0.25) is 0 Å². The number of hydrogen-bond donors (Lipinski definition) is 2. The summed E-state index contributed by atoms with van der Waals surface area (Å²) in [6.07, 6.45) is 1.07. The van der Waals surface area contributed by atoms with Crippen LogP contribution < -0.4 is 15.8 Å². The summed E-state index contributed by atoms with van der Waals surface area (Å²) in [4.78, 5) is 0. The van der Waals surface area contributed by atoms with E-state index in [1.807, 2.05) is 0 Å². The van der Waals surface area contributed by atoms with Crippen molar-refractivity contribution in [2.75, 3.05) is 20.2 Å². The van der Waals surface area contributed by atoms with Gasteiger partial charge in [0.1, 0.15) is 5.75 Å². The van der Waals surface area contributed by atoms with E-state index in [2.05, 4.69) is 44.3 Å². The molecule has 1 rings (SSSR count). The van der Waals surface area contributed by atoms with Gasteiger partial charge in [0, 0.05) is 12.1 Å². The molecule has 0 aliphatic rings. The third-order valence-corrected chi connectivity index (χ3v) is 3.44. The van der Waals surface area contributed by atoms with Crippen LogP contribution in [0.25, 0.3) is 0 Å². The van der Waals surface area contributed by atoms with Gasteiger partial charge < -0.3 is 15.8 Å². The standard InChI is InChI=1S/C16H28N2O/c1-12(2)14-5-6-16(19-4)15(9-14)11-18-10-13(3)7-8-17/h5-6,9,12-13,18H,7-8,10-11,17H2,1-4H3. The molecule has 0 heterocycles. The first-order valence-electron chi connectivity index (χ1n) is 7.16. The molecule has 1 aromatic carbocycles. The molecule has 0 amide bonds. The second-order valence-corrected chi connectivity index (χ2v) is 5.54. The van der Waals surface area contributed by atoms with Crippen LogP contribution in [0.15, 0.2) is 18.2 Å². The summed E-state index contributed by atoms with van der Waals surface area (Å²) >= 11 is 0. The van der Waals surface area contributed by atoms with E-state index in [-0.39, 0.29) is 0 Å². The van der Waals surface area contributed by atoms with Crippen molar-refractivity contribution in [2.24, 2.45) is 11.7 Å². The zero-order valence-electron chi connectivity index (χ0n) is 12.7. The van der Waals surface area contributed by atoms with E-state index in [0.717, 1.165) is 31.8 Å². The van der Waals surface area contributed by atoms with E-state index < -0.39 is 0 Å². The SMILES string of the molecule is COc1ccc(C(C)C)cc1CNCC(C)CCN. The number of methoxy groups -OCH3 is 1. The maximum Gasteiger partial charge on any atom is 0.123 e. The van der Waals surface area contributed by atoms with Crippen molar-refractivity contribution in [3.8, 4) is 5.75 Å². The van der Waals surface area contributed by atoms with Gasteiger partial charge in [-0.3, -0.25) is 0 Å². The van der Waals surface area contributed by atoms with Gasteiger partial charge in [-0.2, -0.15) is 0 Å². The maximum atomic E-state index is 5.56. The van der Waals surface area contributed by atoms with Gasteiger partial charge in [0.15, 0.2) is 0 Å². The average molecular weight is 264 g/mol. The van der Waals surface area contributed by atoms with Crippen molar-refractivity contribution < 1.29 is 4.74 Å². The topological polar surface area (TPSA) is 47.3 Å². The maximum absolute atomic E-state index is 5.56. The molecule has 0 bridgehead atoms. The molecule has 3 nitrogen and oxygen atoms in total. The van der Waals surface area contributed by atoms with E-state index in [1.54, 1.807) is 7.11 Å². The van der Waals surface area contributed by atoms with Gasteiger partial charge in [-0.15, -0.1) is 0 Å². The van der Waals surface area contributed by atoms with Crippen LogP contribution in [0.3, 0.4) is 0 Å². The first-order chi connectivity index (χ1) is 9.08. The molecule has 0 aliphatic heterocycles. The highest BCUT2D eigenvalue weighted by molar-refractivity contribution is 5.38. The molecule has 0 saturated heterocycles. The fourth-order valence-corrected chi connectivity index (χ4v) is 2.14. The molecule has 1 unspecified atom stereocenters. The van der Waals surface area contributed by atoms with Gasteiger partial charge in [0.05, 0.1) is 7.11 Å². The zero-order chi connectivity index (χ0) is 14.3. The molecule has 0 aliphatic carbocycles. The largest absolute Gasteiger partial charge is 0.496 e. The van der Waals surface area contributed by atoms with Gasteiger partial charge in [-0.1, -0.05) is 32.9 Å². The lowest BCUT2D eigenvalue weighted by atomic mass is 10.00. The van der Waals surface area contributed by atoms with Gasteiger partial charge >= 0.3 is 0 Å². The quantitative estimate of drug-likeness (QED) is 0.759. The number of benzene rings is 1. The Bertz CT molecular complexity index is 377. The highest BCUT2D eigenvalue weighted by atomic mass is 16.5. The van der Waals surface area contributed by atoms with Crippen LogP contribution in [-0.2, 0) is 6.54 Å². The normalized spacial score (nSPS) is 12.7. The Balaban J connectivity index is 2.62. The Morgan fingerprint density at radius 3 is 2.58 bits per heavy atom. The molecule has 3 N–H and O–H groups in total. The van der Waals surface area contributed by atoms with Crippen LogP contribution >= 0.6 is 0 Å². The lowest BCUT2D eigenvalue weighted by Crippen LogP contribution is -2.22. The number of nitrogens with two attached hydrogens (primary N) is 1. The van der Waals surface area contributed by atoms with Gasteiger partial charge in [0.25, 0.3) is 0 Å². The minimum Gasteiger partial charge on any atom is -0.496 e. The first kappa shape index (κ1) is 16.0. The van der Waals surface area contributed by atoms with Crippen LogP contribution in [0.1, 0.15) is 44.2 Å². The van der Waals surface area contributed by atoms with Gasteiger partial charge in [-0.25, -0.2) is 0 Å². The summed E-state index contributed by atoms with van der Waals surface area (Å²) in [5, 5.41) is 3.49. The average Bonchev–Trinajstić information content (AvgIpc) is 2.38. The molecule has 108 valence electrons. The van der Waals surface area contributed by atoms with E-state index >= 15 is 0 Å². The number of ether oxygens (including phenoxy) is 1. The third kappa shape index (κ3) is 5.21. The zero-order valence-corrected chi connectivity index (χ0v) is 12.7. The minimum atomic E-state index is 0.542. The lowest BCUT2D eigenvalue weighted by molar-refractivity contribution is 0.405. The molecule has 19 heavy (non-hydrogen) atoms. The molecule has 1 aromatic rings. The molecule has 0 fully saturated rings. The van der Waals surface area contributed by atoms with Gasteiger partial charge in [-0.05, 0) is 43.0 Å². The summed E-state index contributed by atoms with van der Waals surface area (Å²) in [6, 6.07) is 6.45. The van der Waals surface area contributed by atoms with Crippen molar-refractivity contribution in [3.05, 3.63) is 29.3 Å². The molecule has 3 heteroatoms. The second-order valence-electron chi connectivity index (χ2n) is 5.54. The highest BCUT2D eigenvalue weighted by Gasteiger charge is 2.07. The molecular formula is C16H28N2O. The minimum absolute atomic E-state index is 0.542. The molecule has 0 aromatic heterocycles. The predicted octanol–water partition coefficient (Wildman–Crippen LogP) is 2.89. The summed E-state index contributed by atoms with van der Waals surface area (Å²) < 4.78 is 5.43. The molecule has 1 atom stereocenters. The number of hydrogen-bond acceptors (Lipinski definition) is 3. The number of nitrogens with one attached hydrogen (secondary N) is 1.